The van der Waals surface area contributed by atoms with E-state index >= 15 is 0 Å². The third-order valence-corrected chi connectivity index (χ3v) is 3.28. The van der Waals surface area contributed by atoms with Crippen LogP contribution in [-0.2, 0) is 14.3 Å². The molecule has 0 aromatic heterocycles. The Labute approximate surface area is 95.9 Å². The number of carbonyl (C=O) groups is 1. The average molecular weight is 228 g/mol. The molecule has 2 saturated heterocycles. The minimum absolute atomic E-state index is 0.258. The van der Waals surface area contributed by atoms with Gasteiger partial charge in [0.2, 0.25) is 5.91 Å². The second kappa shape index (κ2) is 5.61. The zero-order valence-electron chi connectivity index (χ0n) is 9.56. The number of nitrogens with two attached hydrogens (primary N) is 1. The van der Waals surface area contributed by atoms with Crippen LogP contribution in [0.4, 0.5) is 0 Å². The molecule has 92 valence electrons. The van der Waals surface area contributed by atoms with Gasteiger partial charge in [-0.25, -0.2) is 0 Å². The van der Waals surface area contributed by atoms with Crippen LogP contribution >= 0.6 is 0 Å². The van der Waals surface area contributed by atoms with Gasteiger partial charge in [-0.15, -0.1) is 0 Å². The lowest BCUT2D eigenvalue weighted by Gasteiger charge is -2.36. The summed E-state index contributed by atoms with van der Waals surface area (Å²) < 4.78 is 11.0. The summed E-state index contributed by atoms with van der Waals surface area (Å²) in [5.41, 5.74) is 5.36. The number of hydrogen-bond donors (Lipinski definition) is 1. The first-order chi connectivity index (χ1) is 7.77. The summed E-state index contributed by atoms with van der Waals surface area (Å²) in [7, 11) is 0. The lowest BCUT2D eigenvalue weighted by molar-refractivity contribution is -0.131. The second-order valence-electron chi connectivity index (χ2n) is 4.48. The predicted octanol–water partition coefficient (Wildman–Crippen LogP) is -0.258. The maximum Gasteiger partial charge on any atom is 0.237 e. The lowest BCUT2D eigenvalue weighted by Crippen LogP contribution is -2.54. The molecule has 0 unspecified atom stereocenters. The van der Waals surface area contributed by atoms with E-state index in [2.05, 4.69) is 4.90 Å². The minimum atomic E-state index is -0.296. The van der Waals surface area contributed by atoms with E-state index in [9.17, 15) is 4.79 Å². The van der Waals surface area contributed by atoms with Crippen molar-refractivity contribution in [1.82, 2.24) is 4.90 Å². The van der Waals surface area contributed by atoms with Crippen molar-refractivity contribution in [3.63, 3.8) is 0 Å². The van der Waals surface area contributed by atoms with Gasteiger partial charge in [0.15, 0.2) is 0 Å². The molecular formula is C11H20N2O3. The number of carbonyl (C=O) groups excluding carboxylic acids is 1. The number of nitrogens with zero attached hydrogens (tertiary/aromatic N) is 1. The van der Waals surface area contributed by atoms with Gasteiger partial charge in [0.05, 0.1) is 19.3 Å². The standard InChI is InChI=1S/C11H20N2O3/c12-11(14)10-8-15-6-4-13(10)7-9-3-1-2-5-16-9/h9-10H,1-8H2,(H2,12,14)/t9-,10-/m0/s1. The molecule has 2 aliphatic heterocycles. The number of primary amides is 1. The van der Waals surface area contributed by atoms with Crippen LogP contribution in [0.3, 0.4) is 0 Å². The summed E-state index contributed by atoms with van der Waals surface area (Å²) in [6, 6.07) is -0.278. The molecular weight excluding hydrogens is 208 g/mol. The van der Waals surface area contributed by atoms with Crippen molar-refractivity contribution in [3.05, 3.63) is 0 Å². The van der Waals surface area contributed by atoms with Gasteiger partial charge in [0.25, 0.3) is 0 Å². The second-order valence-corrected chi connectivity index (χ2v) is 4.48. The Morgan fingerprint density at radius 2 is 2.25 bits per heavy atom. The summed E-state index contributed by atoms with van der Waals surface area (Å²) in [5, 5.41) is 0. The number of ether oxygens (including phenoxy) is 2. The molecule has 2 aliphatic rings. The monoisotopic (exact) mass is 228 g/mol. The summed E-state index contributed by atoms with van der Waals surface area (Å²) in [5.74, 6) is -0.296. The minimum Gasteiger partial charge on any atom is -0.378 e. The topological polar surface area (TPSA) is 64.8 Å². The van der Waals surface area contributed by atoms with Gasteiger partial charge in [-0.2, -0.15) is 0 Å². The molecule has 2 N–H and O–H groups in total. The molecule has 0 bridgehead atoms. The largest absolute Gasteiger partial charge is 0.378 e. The predicted molar refractivity (Wildman–Crippen MR) is 59.0 cm³/mol. The van der Waals surface area contributed by atoms with Gasteiger partial charge in [0.1, 0.15) is 6.04 Å². The normalized spacial score (nSPS) is 32.5. The van der Waals surface area contributed by atoms with E-state index in [0.717, 1.165) is 32.5 Å². The van der Waals surface area contributed by atoms with E-state index in [1.807, 2.05) is 0 Å². The SMILES string of the molecule is NC(=O)[C@@H]1COCCN1C[C@@H]1CCCCO1. The summed E-state index contributed by atoms with van der Waals surface area (Å²) in [6.45, 7) is 3.51. The van der Waals surface area contributed by atoms with Crippen LogP contribution in [0.25, 0.3) is 0 Å². The van der Waals surface area contributed by atoms with Crippen LogP contribution in [0, 0.1) is 0 Å². The Morgan fingerprint density at radius 3 is 2.94 bits per heavy atom. The fourth-order valence-corrected chi connectivity index (χ4v) is 2.33. The number of hydrogen-bond acceptors (Lipinski definition) is 4. The van der Waals surface area contributed by atoms with Crippen molar-refractivity contribution >= 4 is 5.91 Å². The molecule has 0 aromatic rings. The molecule has 0 radical (unpaired) electrons. The van der Waals surface area contributed by atoms with Crippen LogP contribution in [0.5, 0.6) is 0 Å². The third-order valence-electron chi connectivity index (χ3n) is 3.28. The van der Waals surface area contributed by atoms with Crippen molar-refractivity contribution in [2.45, 2.75) is 31.4 Å². The molecule has 0 aromatic carbocycles. The van der Waals surface area contributed by atoms with Crippen molar-refractivity contribution in [3.8, 4) is 0 Å². The average Bonchev–Trinajstić information content (AvgIpc) is 2.31. The van der Waals surface area contributed by atoms with Crippen LogP contribution in [0.15, 0.2) is 0 Å². The van der Waals surface area contributed by atoms with Gasteiger partial charge in [-0.3, -0.25) is 9.69 Å². The van der Waals surface area contributed by atoms with Crippen molar-refractivity contribution in [2.75, 3.05) is 32.9 Å². The summed E-state index contributed by atoms with van der Waals surface area (Å²) >= 11 is 0. The van der Waals surface area contributed by atoms with E-state index in [1.165, 1.54) is 6.42 Å². The zero-order chi connectivity index (χ0) is 11.4. The summed E-state index contributed by atoms with van der Waals surface area (Å²) in [4.78, 5) is 13.4. The molecule has 2 fully saturated rings. The van der Waals surface area contributed by atoms with Crippen LogP contribution in [0.2, 0.25) is 0 Å². The highest BCUT2D eigenvalue weighted by Crippen LogP contribution is 2.16. The number of morpholine rings is 1. The van der Waals surface area contributed by atoms with Gasteiger partial charge in [-0.05, 0) is 19.3 Å². The molecule has 2 heterocycles. The highest BCUT2D eigenvalue weighted by molar-refractivity contribution is 5.80. The first-order valence-corrected chi connectivity index (χ1v) is 6.00. The molecule has 16 heavy (non-hydrogen) atoms. The van der Waals surface area contributed by atoms with Crippen LogP contribution in [-0.4, -0.2) is 55.9 Å². The highest BCUT2D eigenvalue weighted by Gasteiger charge is 2.30. The molecule has 5 nitrogen and oxygen atoms in total. The van der Waals surface area contributed by atoms with Crippen molar-refractivity contribution in [2.24, 2.45) is 5.73 Å². The van der Waals surface area contributed by atoms with Crippen molar-refractivity contribution < 1.29 is 14.3 Å². The van der Waals surface area contributed by atoms with E-state index in [4.69, 9.17) is 15.2 Å². The first kappa shape index (κ1) is 11.8. The maximum absolute atomic E-state index is 11.3. The fraction of sp³-hybridized carbons (Fsp3) is 0.909. The van der Waals surface area contributed by atoms with Gasteiger partial charge < -0.3 is 15.2 Å². The quantitative estimate of drug-likeness (QED) is 0.723. The molecule has 0 saturated carbocycles. The first-order valence-electron chi connectivity index (χ1n) is 6.00. The van der Waals surface area contributed by atoms with Crippen LogP contribution in [0.1, 0.15) is 19.3 Å². The smallest absolute Gasteiger partial charge is 0.237 e. The Morgan fingerprint density at radius 1 is 1.38 bits per heavy atom. The van der Waals surface area contributed by atoms with Crippen LogP contribution < -0.4 is 5.73 Å². The van der Waals surface area contributed by atoms with Gasteiger partial charge in [-0.1, -0.05) is 0 Å². The maximum atomic E-state index is 11.3. The molecule has 5 heteroatoms. The van der Waals surface area contributed by atoms with E-state index in [0.29, 0.717) is 13.2 Å². The number of rotatable bonds is 3. The highest BCUT2D eigenvalue weighted by atomic mass is 16.5. The van der Waals surface area contributed by atoms with E-state index < -0.39 is 0 Å². The molecule has 0 aliphatic carbocycles. The molecule has 2 rings (SSSR count). The van der Waals surface area contributed by atoms with Gasteiger partial charge in [0, 0.05) is 19.7 Å². The molecule has 2 atom stereocenters. The Hall–Kier alpha value is -0.650. The van der Waals surface area contributed by atoms with Gasteiger partial charge >= 0.3 is 0 Å². The summed E-state index contributed by atoms with van der Waals surface area (Å²) in [6.07, 6.45) is 3.71. The third kappa shape index (κ3) is 2.93. The van der Waals surface area contributed by atoms with E-state index in [-0.39, 0.29) is 18.1 Å². The molecule has 0 spiro atoms. The Balaban J connectivity index is 1.87. The molecule has 1 amide bonds. The van der Waals surface area contributed by atoms with E-state index in [1.54, 1.807) is 0 Å². The fourth-order valence-electron chi connectivity index (χ4n) is 2.33. The van der Waals surface area contributed by atoms with Crippen molar-refractivity contribution in [1.29, 1.82) is 0 Å². The lowest BCUT2D eigenvalue weighted by atomic mass is 10.1. The zero-order valence-corrected chi connectivity index (χ0v) is 9.56. The number of amides is 1. The Kier molecular flexibility index (Phi) is 4.15. The Bertz CT molecular complexity index is 241.